The van der Waals surface area contributed by atoms with Gasteiger partial charge in [0, 0.05) is 6.04 Å². The highest BCUT2D eigenvalue weighted by Gasteiger charge is 2.23. The minimum Gasteiger partial charge on any atom is -0.324 e. The normalized spacial score (nSPS) is 23.7. The van der Waals surface area contributed by atoms with Crippen molar-refractivity contribution in [2.75, 3.05) is 11.5 Å². The molecule has 14 heavy (non-hydrogen) atoms. The Labute approximate surface area is 87.9 Å². The molecule has 0 spiro atoms. The molecule has 2 rings (SSSR count). The van der Waals surface area contributed by atoms with Gasteiger partial charge in [-0.2, -0.15) is 11.8 Å². The molecule has 2 atom stereocenters. The number of hydrogen-bond donors (Lipinski definition) is 1. The maximum atomic E-state index is 12.7. The van der Waals surface area contributed by atoms with E-state index in [1.165, 1.54) is 24.3 Å². The van der Waals surface area contributed by atoms with Gasteiger partial charge in [0.25, 0.3) is 0 Å². The second-order valence-corrected chi connectivity index (χ2v) is 4.85. The SMILES string of the molecule is NC(c1ccc(F)cc1)C1CCSC1. The number of halogens is 1. The van der Waals surface area contributed by atoms with Gasteiger partial charge in [0.15, 0.2) is 0 Å². The topological polar surface area (TPSA) is 26.0 Å². The molecule has 1 fully saturated rings. The van der Waals surface area contributed by atoms with Gasteiger partial charge >= 0.3 is 0 Å². The first-order valence-corrected chi connectivity index (χ1v) is 6.01. The van der Waals surface area contributed by atoms with Crippen LogP contribution >= 0.6 is 11.8 Å². The zero-order valence-electron chi connectivity index (χ0n) is 7.95. The molecule has 1 heterocycles. The molecule has 1 aromatic carbocycles. The Bertz CT molecular complexity index is 293. The predicted octanol–water partition coefficient (Wildman–Crippen LogP) is 2.58. The van der Waals surface area contributed by atoms with Gasteiger partial charge in [-0.1, -0.05) is 12.1 Å². The Hall–Kier alpha value is -0.540. The largest absolute Gasteiger partial charge is 0.324 e. The summed E-state index contributed by atoms with van der Waals surface area (Å²) >= 11 is 1.95. The molecular weight excluding hydrogens is 197 g/mol. The molecule has 1 saturated heterocycles. The Morgan fingerprint density at radius 2 is 2.07 bits per heavy atom. The lowest BCUT2D eigenvalue weighted by molar-refractivity contribution is 0.481. The third kappa shape index (κ3) is 2.10. The van der Waals surface area contributed by atoms with E-state index in [4.69, 9.17) is 5.73 Å². The Morgan fingerprint density at radius 1 is 1.36 bits per heavy atom. The molecular formula is C11H14FNS. The summed E-state index contributed by atoms with van der Waals surface area (Å²) in [6, 6.07) is 6.63. The van der Waals surface area contributed by atoms with Gasteiger partial charge in [0.05, 0.1) is 0 Å². The van der Waals surface area contributed by atoms with Crippen molar-refractivity contribution in [2.24, 2.45) is 11.7 Å². The smallest absolute Gasteiger partial charge is 0.123 e. The highest BCUT2D eigenvalue weighted by molar-refractivity contribution is 7.99. The van der Waals surface area contributed by atoms with E-state index in [0.717, 1.165) is 11.3 Å². The molecule has 1 nitrogen and oxygen atoms in total. The predicted molar refractivity (Wildman–Crippen MR) is 58.8 cm³/mol. The van der Waals surface area contributed by atoms with E-state index in [9.17, 15) is 4.39 Å². The maximum Gasteiger partial charge on any atom is 0.123 e. The van der Waals surface area contributed by atoms with Gasteiger partial charge in [0.2, 0.25) is 0 Å². The zero-order chi connectivity index (χ0) is 9.97. The van der Waals surface area contributed by atoms with Gasteiger partial charge in [-0.05, 0) is 41.5 Å². The second kappa shape index (κ2) is 4.32. The van der Waals surface area contributed by atoms with E-state index in [1.54, 1.807) is 12.1 Å². The molecule has 0 saturated carbocycles. The summed E-state index contributed by atoms with van der Waals surface area (Å²) < 4.78 is 12.7. The molecule has 0 aromatic heterocycles. The molecule has 2 N–H and O–H groups in total. The summed E-state index contributed by atoms with van der Waals surface area (Å²) in [5, 5.41) is 0. The van der Waals surface area contributed by atoms with Crippen LogP contribution in [0.2, 0.25) is 0 Å². The van der Waals surface area contributed by atoms with Crippen LogP contribution in [0.15, 0.2) is 24.3 Å². The van der Waals surface area contributed by atoms with Crippen LogP contribution in [-0.4, -0.2) is 11.5 Å². The molecule has 0 aliphatic carbocycles. The molecule has 0 radical (unpaired) electrons. The highest BCUT2D eigenvalue weighted by atomic mass is 32.2. The van der Waals surface area contributed by atoms with Gasteiger partial charge in [-0.3, -0.25) is 0 Å². The molecule has 0 bridgehead atoms. The average molecular weight is 211 g/mol. The average Bonchev–Trinajstić information content (AvgIpc) is 2.71. The number of hydrogen-bond acceptors (Lipinski definition) is 2. The van der Waals surface area contributed by atoms with Crippen LogP contribution in [0.3, 0.4) is 0 Å². The Kier molecular flexibility index (Phi) is 3.08. The Morgan fingerprint density at radius 3 is 2.64 bits per heavy atom. The molecule has 76 valence electrons. The number of rotatable bonds is 2. The van der Waals surface area contributed by atoms with E-state index in [-0.39, 0.29) is 11.9 Å². The molecule has 2 unspecified atom stereocenters. The molecule has 1 aliphatic rings. The lowest BCUT2D eigenvalue weighted by Gasteiger charge is -2.18. The van der Waals surface area contributed by atoms with Crippen molar-refractivity contribution in [3.8, 4) is 0 Å². The third-order valence-corrected chi connectivity index (χ3v) is 3.92. The van der Waals surface area contributed by atoms with Crippen molar-refractivity contribution in [1.29, 1.82) is 0 Å². The van der Waals surface area contributed by atoms with E-state index in [1.807, 2.05) is 11.8 Å². The van der Waals surface area contributed by atoms with Crippen LogP contribution in [0.5, 0.6) is 0 Å². The number of benzene rings is 1. The first kappa shape index (κ1) is 9.99. The summed E-state index contributed by atoms with van der Waals surface area (Å²) in [6.07, 6.45) is 1.18. The summed E-state index contributed by atoms with van der Waals surface area (Å²) in [5.74, 6) is 2.71. The van der Waals surface area contributed by atoms with Crippen LogP contribution in [0.25, 0.3) is 0 Å². The van der Waals surface area contributed by atoms with Crippen LogP contribution in [0, 0.1) is 11.7 Å². The van der Waals surface area contributed by atoms with Gasteiger partial charge < -0.3 is 5.73 Å². The fraction of sp³-hybridized carbons (Fsp3) is 0.455. The first-order chi connectivity index (χ1) is 6.77. The summed E-state index contributed by atoms with van der Waals surface area (Å²) in [7, 11) is 0. The lowest BCUT2D eigenvalue weighted by atomic mass is 9.93. The lowest BCUT2D eigenvalue weighted by Crippen LogP contribution is -2.20. The molecule has 3 heteroatoms. The summed E-state index contributed by atoms with van der Waals surface area (Å²) in [5.41, 5.74) is 7.17. The first-order valence-electron chi connectivity index (χ1n) is 4.86. The van der Waals surface area contributed by atoms with E-state index >= 15 is 0 Å². The van der Waals surface area contributed by atoms with Crippen LogP contribution in [0.1, 0.15) is 18.0 Å². The standard InChI is InChI=1S/C11H14FNS/c12-10-3-1-8(2-4-10)11(13)9-5-6-14-7-9/h1-4,9,11H,5-7,13H2. The van der Waals surface area contributed by atoms with Crippen molar-refractivity contribution in [2.45, 2.75) is 12.5 Å². The summed E-state index contributed by atoms with van der Waals surface area (Å²) in [4.78, 5) is 0. The minimum atomic E-state index is -0.193. The zero-order valence-corrected chi connectivity index (χ0v) is 8.77. The van der Waals surface area contributed by atoms with Crippen molar-refractivity contribution in [1.82, 2.24) is 0 Å². The van der Waals surface area contributed by atoms with Crippen LogP contribution in [-0.2, 0) is 0 Å². The summed E-state index contributed by atoms with van der Waals surface area (Å²) in [6.45, 7) is 0. The fourth-order valence-corrected chi connectivity index (χ4v) is 3.11. The fourth-order valence-electron chi connectivity index (χ4n) is 1.79. The quantitative estimate of drug-likeness (QED) is 0.813. The van der Waals surface area contributed by atoms with E-state index < -0.39 is 0 Å². The van der Waals surface area contributed by atoms with Crippen molar-refractivity contribution in [3.05, 3.63) is 35.6 Å². The van der Waals surface area contributed by atoms with Crippen molar-refractivity contribution in [3.63, 3.8) is 0 Å². The van der Waals surface area contributed by atoms with E-state index in [2.05, 4.69) is 0 Å². The van der Waals surface area contributed by atoms with Crippen molar-refractivity contribution >= 4 is 11.8 Å². The Balaban J connectivity index is 2.09. The van der Waals surface area contributed by atoms with Gasteiger partial charge in [-0.15, -0.1) is 0 Å². The molecule has 1 aliphatic heterocycles. The molecule has 1 aromatic rings. The van der Waals surface area contributed by atoms with E-state index in [0.29, 0.717) is 5.92 Å². The second-order valence-electron chi connectivity index (χ2n) is 3.70. The number of thioether (sulfide) groups is 1. The minimum absolute atomic E-state index is 0.0746. The van der Waals surface area contributed by atoms with Crippen LogP contribution in [0.4, 0.5) is 4.39 Å². The van der Waals surface area contributed by atoms with Gasteiger partial charge in [0.1, 0.15) is 5.82 Å². The van der Waals surface area contributed by atoms with Gasteiger partial charge in [-0.25, -0.2) is 4.39 Å². The van der Waals surface area contributed by atoms with Crippen molar-refractivity contribution < 1.29 is 4.39 Å². The molecule has 0 amide bonds. The monoisotopic (exact) mass is 211 g/mol. The highest BCUT2D eigenvalue weighted by Crippen LogP contribution is 2.32. The number of nitrogens with two attached hydrogens (primary N) is 1. The third-order valence-electron chi connectivity index (χ3n) is 2.73. The maximum absolute atomic E-state index is 12.7. The van der Waals surface area contributed by atoms with Crippen LogP contribution < -0.4 is 5.73 Å².